The van der Waals surface area contributed by atoms with Gasteiger partial charge in [-0.3, -0.25) is 4.79 Å². The predicted octanol–water partition coefficient (Wildman–Crippen LogP) is 2.86. The third kappa shape index (κ3) is 2.80. The average Bonchev–Trinajstić information content (AvgIpc) is 2.39. The molecule has 3 heteroatoms. The van der Waals surface area contributed by atoms with Gasteiger partial charge < -0.3 is 10.3 Å². The third-order valence-electron chi connectivity index (χ3n) is 3.05. The Kier molecular flexibility index (Phi) is 3.82. The van der Waals surface area contributed by atoms with Gasteiger partial charge in [0, 0.05) is 12.2 Å². The summed E-state index contributed by atoms with van der Waals surface area (Å²) >= 11 is 0. The molecule has 0 saturated heterocycles. The van der Waals surface area contributed by atoms with Crippen LogP contribution in [0.25, 0.3) is 0 Å². The quantitative estimate of drug-likeness (QED) is 0.866. The maximum Gasteiger partial charge on any atom is 0.271 e. The van der Waals surface area contributed by atoms with Crippen LogP contribution >= 0.6 is 0 Å². The lowest BCUT2D eigenvalue weighted by Gasteiger charge is -2.09. The van der Waals surface area contributed by atoms with E-state index in [2.05, 4.69) is 17.2 Å². The van der Waals surface area contributed by atoms with Gasteiger partial charge in [-0.15, -0.1) is 0 Å². The van der Waals surface area contributed by atoms with E-state index in [1.807, 2.05) is 43.3 Å². The van der Waals surface area contributed by atoms with Crippen LogP contribution in [0.1, 0.15) is 23.7 Å². The molecule has 0 amide bonds. The predicted molar refractivity (Wildman–Crippen MR) is 74.9 cm³/mol. The highest BCUT2D eigenvalue weighted by molar-refractivity contribution is 5.45. The third-order valence-corrected chi connectivity index (χ3v) is 3.05. The smallest absolute Gasteiger partial charge is 0.271 e. The lowest BCUT2D eigenvalue weighted by molar-refractivity contribution is 1.01. The molecule has 0 aliphatic heterocycles. The molecule has 0 radical (unpaired) electrons. The fraction of sp³-hybridized carbons (Fsp3) is 0.267. The van der Waals surface area contributed by atoms with E-state index >= 15 is 0 Å². The summed E-state index contributed by atoms with van der Waals surface area (Å²) in [4.78, 5) is 14.7. The van der Waals surface area contributed by atoms with E-state index in [4.69, 9.17) is 0 Å². The van der Waals surface area contributed by atoms with Crippen molar-refractivity contribution in [1.82, 2.24) is 4.98 Å². The van der Waals surface area contributed by atoms with Crippen molar-refractivity contribution in [2.45, 2.75) is 26.8 Å². The number of rotatable bonds is 4. The van der Waals surface area contributed by atoms with E-state index in [0.717, 1.165) is 17.7 Å². The largest absolute Gasteiger partial charge is 0.377 e. The Morgan fingerprint density at radius 1 is 1.22 bits per heavy atom. The first-order valence-electron chi connectivity index (χ1n) is 6.21. The first kappa shape index (κ1) is 12.4. The van der Waals surface area contributed by atoms with Crippen LogP contribution in [0.4, 0.5) is 5.69 Å². The molecule has 0 aliphatic carbocycles. The van der Waals surface area contributed by atoms with Crippen molar-refractivity contribution in [2.24, 2.45) is 0 Å². The summed E-state index contributed by atoms with van der Waals surface area (Å²) in [5.74, 6) is 0. The minimum Gasteiger partial charge on any atom is -0.377 e. The molecule has 18 heavy (non-hydrogen) atoms. The lowest BCUT2D eigenvalue weighted by Crippen LogP contribution is -2.16. The number of nitrogens with one attached hydrogen (secondary N) is 2. The summed E-state index contributed by atoms with van der Waals surface area (Å²) in [5, 5.41) is 3.19. The van der Waals surface area contributed by atoms with E-state index in [-0.39, 0.29) is 5.56 Å². The summed E-state index contributed by atoms with van der Waals surface area (Å²) in [6.45, 7) is 4.68. The molecule has 3 nitrogen and oxygen atoms in total. The van der Waals surface area contributed by atoms with E-state index in [1.165, 1.54) is 5.56 Å². The molecule has 0 atom stereocenters. The second-order valence-corrected chi connectivity index (χ2v) is 4.36. The molecule has 94 valence electrons. The van der Waals surface area contributed by atoms with Gasteiger partial charge in [0.2, 0.25) is 0 Å². The van der Waals surface area contributed by atoms with Gasteiger partial charge in [0.25, 0.3) is 5.56 Å². The number of benzene rings is 1. The fourth-order valence-corrected chi connectivity index (χ4v) is 1.96. The summed E-state index contributed by atoms with van der Waals surface area (Å²) in [6, 6.07) is 12.0. The molecule has 2 rings (SSSR count). The zero-order valence-electron chi connectivity index (χ0n) is 10.8. The van der Waals surface area contributed by atoms with Gasteiger partial charge in [-0.2, -0.15) is 0 Å². The molecule has 0 saturated carbocycles. The molecule has 0 unspecified atom stereocenters. The van der Waals surface area contributed by atoms with Gasteiger partial charge in [-0.25, -0.2) is 0 Å². The van der Waals surface area contributed by atoms with Gasteiger partial charge in [0.15, 0.2) is 0 Å². The van der Waals surface area contributed by atoms with Crippen LogP contribution in [0, 0.1) is 6.92 Å². The van der Waals surface area contributed by atoms with Crippen molar-refractivity contribution in [1.29, 1.82) is 0 Å². The number of hydrogen-bond donors (Lipinski definition) is 2. The van der Waals surface area contributed by atoms with Crippen molar-refractivity contribution < 1.29 is 0 Å². The first-order valence-corrected chi connectivity index (χ1v) is 6.21. The molecule has 2 N–H and O–H groups in total. The van der Waals surface area contributed by atoms with Crippen LogP contribution in [0.5, 0.6) is 0 Å². The van der Waals surface area contributed by atoms with Crippen molar-refractivity contribution >= 4 is 5.69 Å². The van der Waals surface area contributed by atoms with Gasteiger partial charge in [-0.05, 0) is 30.5 Å². The first-order chi connectivity index (χ1) is 8.70. The molecule has 0 aliphatic rings. The van der Waals surface area contributed by atoms with Crippen molar-refractivity contribution in [3.63, 3.8) is 0 Å². The van der Waals surface area contributed by atoms with Crippen LogP contribution in [-0.2, 0) is 13.0 Å². The Labute approximate surface area is 107 Å². The molecule has 1 heterocycles. The van der Waals surface area contributed by atoms with Crippen LogP contribution < -0.4 is 10.9 Å². The van der Waals surface area contributed by atoms with Crippen LogP contribution in [0.15, 0.2) is 41.2 Å². The second kappa shape index (κ2) is 5.54. The van der Waals surface area contributed by atoms with Gasteiger partial charge in [0.05, 0.1) is 0 Å². The lowest BCUT2D eigenvalue weighted by atomic mass is 10.1. The van der Waals surface area contributed by atoms with Crippen LogP contribution in [0.2, 0.25) is 0 Å². The zero-order chi connectivity index (χ0) is 13.0. The van der Waals surface area contributed by atoms with Gasteiger partial charge in [0.1, 0.15) is 5.69 Å². The van der Waals surface area contributed by atoms with E-state index < -0.39 is 0 Å². The summed E-state index contributed by atoms with van der Waals surface area (Å²) in [7, 11) is 0. The number of aromatic nitrogens is 1. The molecule has 1 aromatic heterocycles. The van der Waals surface area contributed by atoms with Crippen molar-refractivity contribution in [2.75, 3.05) is 5.32 Å². The highest BCUT2D eigenvalue weighted by atomic mass is 16.1. The minimum absolute atomic E-state index is 0.0550. The molecule has 0 fully saturated rings. The SMILES string of the molecule is CCc1cc(NCc2ccccc2)c(=O)[nH]c1C. The summed E-state index contributed by atoms with van der Waals surface area (Å²) < 4.78 is 0. The Balaban J connectivity index is 2.17. The van der Waals surface area contributed by atoms with Gasteiger partial charge in [-0.1, -0.05) is 37.3 Å². The Morgan fingerprint density at radius 3 is 2.61 bits per heavy atom. The summed E-state index contributed by atoms with van der Waals surface area (Å²) in [6.07, 6.45) is 0.919. The number of anilines is 1. The number of H-pyrrole nitrogens is 1. The zero-order valence-corrected chi connectivity index (χ0v) is 10.8. The van der Waals surface area contributed by atoms with Crippen LogP contribution in [-0.4, -0.2) is 4.98 Å². The molecule has 0 bridgehead atoms. The molecular formula is C15H18N2O. The Bertz CT molecular complexity index is 573. The Hall–Kier alpha value is -2.03. The van der Waals surface area contributed by atoms with Crippen molar-refractivity contribution in [3.05, 3.63) is 63.6 Å². The number of aromatic amines is 1. The molecule has 1 aromatic carbocycles. The topological polar surface area (TPSA) is 44.9 Å². The number of hydrogen-bond acceptors (Lipinski definition) is 2. The number of pyridine rings is 1. The minimum atomic E-state index is -0.0550. The fourth-order valence-electron chi connectivity index (χ4n) is 1.96. The highest BCUT2D eigenvalue weighted by Crippen LogP contribution is 2.10. The Morgan fingerprint density at radius 2 is 1.94 bits per heavy atom. The number of aryl methyl sites for hydroxylation is 2. The molecular weight excluding hydrogens is 224 g/mol. The second-order valence-electron chi connectivity index (χ2n) is 4.36. The van der Waals surface area contributed by atoms with Crippen molar-refractivity contribution in [3.8, 4) is 0 Å². The van der Waals surface area contributed by atoms with Crippen LogP contribution in [0.3, 0.4) is 0 Å². The highest BCUT2D eigenvalue weighted by Gasteiger charge is 2.04. The van der Waals surface area contributed by atoms with E-state index in [0.29, 0.717) is 12.2 Å². The monoisotopic (exact) mass is 242 g/mol. The maximum absolute atomic E-state index is 11.8. The summed E-state index contributed by atoms with van der Waals surface area (Å²) in [5.41, 5.74) is 3.87. The van der Waals surface area contributed by atoms with E-state index in [9.17, 15) is 4.79 Å². The maximum atomic E-state index is 11.8. The van der Waals surface area contributed by atoms with Gasteiger partial charge >= 0.3 is 0 Å². The standard InChI is InChI=1S/C15H18N2O/c1-3-13-9-14(15(18)17-11(13)2)16-10-12-7-5-4-6-8-12/h4-9,16H,3,10H2,1-2H3,(H,17,18). The average molecular weight is 242 g/mol. The molecule has 0 spiro atoms. The molecule has 2 aromatic rings. The van der Waals surface area contributed by atoms with E-state index in [1.54, 1.807) is 0 Å². The normalized spacial score (nSPS) is 10.3.